The van der Waals surface area contributed by atoms with Crippen LogP contribution in [0.1, 0.15) is 21.5 Å². The maximum absolute atomic E-state index is 12.9. The van der Waals surface area contributed by atoms with E-state index in [9.17, 15) is 4.79 Å². The van der Waals surface area contributed by atoms with Gasteiger partial charge in [-0.3, -0.25) is 9.89 Å². The van der Waals surface area contributed by atoms with Crippen LogP contribution >= 0.6 is 0 Å². The lowest BCUT2D eigenvalue weighted by Gasteiger charge is -2.18. The van der Waals surface area contributed by atoms with Crippen LogP contribution < -0.4 is 0 Å². The number of carbonyl (C=O) groups excluding carboxylic acids is 1. The molecule has 0 atom stereocenters. The first-order chi connectivity index (χ1) is 13.1. The third kappa shape index (κ3) is 3.29. The number of aromatic nitrogens is 4. The number of nitrogens with zero attached hydrogens (tertiary/aromatic N) is 4. The first-order valence-corrected chi connectivity index (χ1v) is 8.68. The van der Waals surface area contributed by atoms with Crippen LogP contribution in [0.15, 0.2) is 61.1 Å². The highest BCUT2D eigenvalue weighted by Crippen LogP contribution is 2.22. The van der Waals surface area contributed by atoms with Gasteiger partial charge in [0.05, 0.1) is 11.7 Å². The average Bonchev–Trinajstić information content (AvgIpc) is 3.18. The van der Waals surface area contributed by atoms with E-state index in [1.807, 2.05) is 43.3 Å². The minimum atomic E-state index is -0.0323. The topological polar surface area (TPSA) is 74.8 Å². The van der Waals surface area contributed by atoms with Crippen molar-refractivity contribution in [2.24, 2.45) is 0 Å². The lowest BCUT2D eigenvalue weighted by Crippen LogP contribution is -2.26. The summed E-state index contributed by atoms with van der Waals surface area (Å²) in [5, 5.41) is 8.13. The normalized spacial score (nSPS) is 10.9. The summed E-state index contributed by atoms with van der Waals surface area (Å²) in [6.07, 6.45) is 5.21. The summed E-state index contributed by atoms with van der Waals surface area (Å²) in [7, 11) is 1.81. The minimum absolute atomic E-state index is 0.0323. The second-order valence-electron chi connectivity index (χ2n) is 6.51. The smallest absolute Gasteiger partial charge is 0.253 e. The van der Waals surface area contributed by atoms with Gasteiger partial charge >= 0.3 is 0 Å². The van der Waals surface area contributed by atoms with Gasteiger partial charge in [0.1, 0.15) is 0 Å². The lowest BCUT2D eigenvalue weighted by atomic mass is 10.0. The number of fused-ring (bicyclic) bond motifs is 1. The average molecular weight is 357 g/mol. The summed E-state index contributed by atoms with van der Waals surface area (Å²) in [5.41, 5.74) is 4.54. The van der Waals surface area contributed by atoms with E-state index in [1.165, 1.54) is 0 Å². The van der Waals surface area contributed by atoms with Gasteiger partial charge in [-0.05, 0) is 36.2 Å². The molecule has 0 aliphatic heterocycles. The predicted molar refractivity (Wildman–Crippen MR) is 104 cm³/mol. The van der Waals surface area contributed by atoms with Gasteiger partial charge in [0.15, 0.2) is 5.82 Å². The molecule has 4 aromatic rings. The zero-order valence-electron chi connectivity index (χ0n) is 15.2. The second kappa shape index (κ2) is 6.99. The summed E-state index contributed by atoms with van der Waals surface area (Å²) in [4.78, 5) is 23.2. The molecule has 0 spiro atoms. The molecule has 1 N–H and O–H groups in total. The number of hydrogen-bond acceptors (Lipinski definition) is 4. The summed E-state index contributed by atoms with van der Waals surface area (Å²) >= 11 is 0. The summed E-state index contributed by atoms with van der Waals surface area (Å²) in [5.74, 6) is 0.628. The molecular weight excluding hydrogens is 338 g/mol. The molecular formula is C21H19N5O. The Labute approximate surface area is 156 Å². The molecule has 0 aliphatic rings. The van der Waals surface area contributed by atoms with Crippen LogP contribution in [0.5, 0.6) is 0 Å². The number of aryl methyl sites for hydroxylation is 1. The number of hydrogen-bond donors (Lipinski definition) is 1. The molecule has 27 heavy (non-hydrogen) atoms. The fourth-order valence-corrected chi connectivity index (χ4v) is 3.20. The Kier molecular flexibility index (Phi) is 4.38. The van der Waals surface area contributed by atoms with Crippen molar-refractivity contribution < 1.29 is 4.79 Å². The van der Waals surface area contributed by atoms with Crippen molar-refractivity contribution in [3.8, 4) is 11.4 Å². The molecule has 0 fully saturated rings. The standard InChI is InChI=1S/C21H19N5O/c1-14-11-15(7-8-18(14)20-22-9-4-10-23-20)21(27)26(2)13-17-6-3-5-16-12-24-25-19(16)17/h3-12H,13H2,1-2H3,(H,24,25). The number of rotatable bonds is 4. The van der Waals surface area contributed by atoms with Gasteiger partial charge < -0.3 is 4.90 Å². The largest absolute Gasteiger partial charge is 0.337 e. The van der Waals surface area contributed by atoms with Gasteiger partial charge in [0.2, 0.25) is 0 Å². The van der Waals surface area contributed by atoms with E-state index in [-0.39, 0.29) is 5.91 Å². The van der Waals surface area contributed by atoms with Crippen LogP contribution in [-0.2, 0) is 6.54 Å². The third-order valence-electron chi connectivity index (χ3n) is 4.60. The third-order valence-corrected chi connectivity index (χ3v) is 4.60. The number of amides is 1. The van der Waals surface area contributed by atoms with Crippen molar-refractivity contribution in [1.82, 2.24) is 25.1 Å². The van der Waals surface area contributed by atoms with E-state index in [0.717, 1.165) is 27.6 Å². The molecule has 2 aromatic carbocycles. The van der Waals surface area contributed by atoms with Crippen LogP contribution in [0.3, 0.4) is 0 Å². The summed E-state index contributed by atoms with van der Waals surface area (Å²) < 4.78 is 0. The van der Waals surface area contributed by atoms with E-state index in [0.29, 0.717) is 17.9 Å². The fraction of sp³-hybridized carbons (Fsp3) is 0.143. The monoisotopic (exact) mass is 357 g/mol. The highest BCUT2D eigenvalue weighted by atomic mass is 16.2. The molecule has 1 amide bonds. The Morgan fingerprint density at radius 2 is 1.93 bits per heavy atom. The van der Waals surface area contributed by atoms with Gasteiger partial charge in [0, 0.05) is 42.5 Å². The zero-order valence-corrected chi connectivity index (χ0v) is 15.2. The van der Waals surface area contributed by atoms with Crippen LogP contribution in [-0.4, -0.2) is 38.0 Å². The van der Waals surface area contributed by atoms with Gasteiger partial charge in [-0.15, -0.1) is 0 Å². The van der Waals surface area contributed by atoms with Crippen molar-refractivity contribution in [3.05, 3.63) is 77.7 Å². The van der Waals surface area contributed by atoms with Crippen LogP contribution in [0.2, 0.25) is 0 Å². The number of para-hydroxylation sites is 1. The lowest BCUT2D eigenvalue weighted by molar-refractivity contribution is 0.0785. The molecule has 0 saturated heterocycles. The molecule has 0 bridgehead atoms. The van der Waals surface area contributed by atoms with E-state index >= 15 is 0 Å². The highest BCUT2D eigenvalue weighted by molar-refractivity contribution is 5.95. The van der Waals surface area contributed by atoms with E-state index < -0.39 is 0 Å². The molecule has 0 saturated carbocycles. The van der Waals surface area contributed by atoms with Crippen molar-refractivity contribution in [3.63, 3.8) is 0 Å². The van der Waals surface area contributed by atoms with Crippen molar-refractivity contribution in [1.29, 1.82) is 0 Å². The Bertz CT molecular complexity index is 1100. The Morgan fingerprint density at radius 3 is 2.70 bits per heavy atom. The fourth-order valence-electron chi connectivity index (χ4n) is 3.20. The first-order valence-electron chi connectivity index (χ1n) is 8.68. The van der Waals surface area contributed by atoms with Crippen LogP contribution in [0.25, 0.3) is 22.3 Å². The number of aromatic amines is 1. The summed E-state index contributed by atoms with van der Waals surface area (Å²) in [6.45, 7) is 2.47. The maximum Gasteiger partial charge on any atom is 0.253 e. The predicted octanol–water partition coefficient (Wildman–Crippen LogP) is 3.60. The molecule has 2 heterocycles. The van der Waals surface area contributed by atoms with Gasteiger partial charge in [-0.25, -0.2) is 9.97 Å². The number of benzene rings is 2. The van der Waals surface area contributed by atoms with Crippen LogP contribution in [0, 0.1) is 6.92 Å². The number of nitrogens with one attached hydrogen (secondary N) is 1. The SMILES string of the molecule is Cc1cc(C(=O)N(C)Cc2cccc3cn[nH]c23)ccc1-c1ncccn1. The molecule has 6 nitrogen and oxygen atoms in total. The minimum Gasteiger partial charge on any atom is -0.337 e. The van der Waals surface area contributed by atoms with Crippen molar-refractivity contribution in [2.45, 2.75) is 13.5 Å². The molecule has 0 aliphatic carbocycles. The Balaban J connectivity index is 1.57. The van der Waals surface area contributed by atoms with E-state index in [1.54, 1.807) is 36.6 Å². The molecule has 0 unspecified atom stereocenters. The van der Waals surface area contributed by atoms with Gasteiger partial charge in [-0.2, -0.15) is 5.10 Å². The number of H-pyrrole nitrogens is 1. The van der Waals surface area contributed by atoms with Crippen LogP contribution in [0.4, 0.5) is 0 Å². The molecule has 4 rings (SSSR count). The Hall–Kier alpha value is -3.54. The van der Waals surface area contributed by atoms with E-state index in [2.05, 4.69) is 20.2 Å². The quantitative estimate of drug-likeness (QED) is 0.605. The van der Waals surface area contributed by atoms with Crippen molar-refractivity contribution >= 4 is 16.8 Å². The van der Waals surface area contributed by atoms with Crippen molar-refractivity contribution in [2.75, 3.05) is 7.05 Å². The Morgan fingerprint density at radius 1 is 1.11 bits per heavy atom. The van der Waals surface area contributed by atoms with Gasteiger partial charge in [-0.1, -0.05) is 24.3 Å². The number of carbonyl (C=O) groups is 1. The molecule has 134 valence electrons. The zero-order chi connectivity index (χ0) is 18.8. The second-order valence-corrected chi connectivity index (χ2v) is 6.51. The molecule has 2 aromatic heterocycles. The van der Waals surface area contributed by atoms with Gasteiger partial charge in [0.25, 0.3) is 5.91 Å². The van der Waals surface area contributed by atoms with E-state index in [4.69, 9.17) is 0 Å². The molecule has 0 radical (unpaired) electrons. The molecule has 6 heteroatoms. The summed E-state index contributed by atoms with van der Waals surface area (Å²) in [6, 6.07) is 13.4. The first kappa shape index (κ1) is 16.9. The maximum atomic E-state index is 12.9. The highest BCUT2D eigenvalue weighted by Gasteiger charge is 2.15.